The van der Waals surface area contributed by atoms with Crippen LogP contribution in [0.1, 0.15) is 46.1 Å². The van der Waals surface area contributed by atoms with E-state index < -0.39 is 16.4 Å². The van der Waals surface area contributed by atoms with E-state index in [9.17, 15) is 13.2 Å². The maximum Gasteiger partial charge on any atom is 0.385 e. The molecule has 0 saturated carbocycles. The number of hydrogen-bond acceptors (Lipinski definition) is 7. The van der Waals surface area contributed by atoms with E-state index in [1.807, 2.05) is 44.2 Å². The Kier molecular flexibility index (Phi) is 7.88. The highest BCUT2D eigenvalue weighted by molar-refractivity contribution is 7.84. The molecule has 0 N–H and O–H groups in total. The van der Waals surface area contributed by atoms with Crippen LogP contribution in [0.5, 0.6) is 11.5 Å². The molecule has 2 saturated heterocycles. The van der Waals surface area contributed by atoms with E-state index in [0.717, 1.165) is 17.5 Å². The van der Waals surface area contributed by atoms with Crippen molar-refractivity contribution in [3.05, 3.63) is 89.2 Å². The van der Waals surface area contributed by atoms with Crippen LogP contribution in [-0.2, 0) is 15.0 Å². The highest BCUT2D eigenvalue weighted by Crippen LogP contribution is 2.34. The van der Waals surface area contributed by atoms with Crippen LogP contribution >= 0.6 is 0 Å². The summed E-state index contributed by atoms with van der Waals surface area (Å²) in [7, 11) is -2.48. The normalized spacial score (nSPS) is 21.7. The Bertz CT molecular complexity index is 1430. The number of amides is 1. The second-order valence-electron chi connectivity index (χ2n) is 10.00. The lowest BCUT2D eigenvalue weighted by Gasteiger charge is -2.23. The van der Waals surface area contributed by atoms with Gasteiger partial charge in [0.1, 0.15) is 23.7 Å². The zero-order chi connectivity index (χ0) is 27.6. The van der Waals surface area contributed by atoms with Crippen LogP contribution in [0, 0.1) is 13.8 Å². The number of pyridine rings is 1. The predicted molar refractivity (Wildman–Crippen MR) is 146 cm³/mol. The molecular weight excluding hydrogens is 518 g/mol. The van der Waals surface area contributed by atoms with Crippen molar-refractivity contribution in [2.45, 2.75) is 44.9 Å². The Morgan fingerprint density at radius 2 is 1.77 bits per heavy atom. The van der Waals surface area contributed by atoms with E-state index >= 15 is 0 Å². The molecule has 0 radical (unpaired) electrons. The molecule has 39 heavy (non-hydrogen) atoms. The minimum absolute atomic E-state index is 0.0689. The van der Waals surface area contributed by atoms with Gasteiger partial charge in [-0.25, -0.2) is 0 Å². The summed E-state index contributed by atoms with van der Waals surface area (Å²) in [4.78, 5) is 19.3. The summed E-state index contributed by atoms with van der Waals surface area (Å²) in [6, 6.07) is 17.5. The number of aryl methyl sites for hydroxylation is 2. The first-order valence-electron chi connectivity index (χ1n) is 13.0. The molecule has 3 heterocycles. The van der Waals surface area contributed by atoms with Gasteiger partial charge in [0.25, 0.3) is 5.91 Å². The number of carbonyl (C=O) groups excluding carboxylic acids is 1. The molecule has 10 heteroatoms. The molecule has 206 valence electrons. The number of hydrogen-bond donors (Lipinski definition) is 0. The molecule has 3 unspecified atom stereocenters. The van der Waals surface area contributed by atoms with Crippen LogP contribution in [0.25, 0.3) is 0 Å². The lowest BCUT2D eigenvalue weighted by molar-refractivity contribution is 0.0339. The third-order valence-electron chi connectivity index (χ3n) is 7.24. The summed E-state index contributed by atoms with van der Waals surface area (Å²) in [6.07, 6.45) is 2.30. The van der Waals surface area contributed by atoms with Gasteiger partial charge in [-0.2, -0.15) is 12.7 Å². The zero-order valence-corrected chi connectivity index (χ0v) is 23.1. The fourth-order valence-corrected chi connectivity index (χ4v) is 6.53. The van der Waals surface area contributed by atoms with Gasteiger partial charge in [0.15, 0.2) is 0 Å². The summed E-state index contributed by atoms with van der Waals surface area (Å²) in [5.74, 6) is 0.508. The molecule has 0 bridgehead atoms. The maximum absolute atomic E-state index is 13.3. The first-order valence-corrected chi connectivity index (χ1v) is 14.4. The molecule has 0 aliphatic carbocycles. The van der Waals surface area contributed by atoms with Crippen molar-refractivity contribution in [1.29, 1.82) is 0 Å². The highest BCUT2D eigenvalue weighted by Gasteiger charge is 2.39. The summed E-state index contributed by atoms with van der Waals surface area (Å²) >= 11 is 0. The standard InChI is InChI=1S/C29H33N3O6S/c1-20-12-13-21(2)24(16-20)29(33)31-18-27(36-3)28(19-31)37-22-8-6-9-23(17-22)38-39(34,35)32-15-7-11-26(32)25-10-4-5-14-30-25/h4-6,8-10,12-14,16-17,26-28H,7,11,15,18-19H2,1-3H3. The smallest absolute Gasteiger partial charge is 0.385 e. The molecule has 1 amide bonds. The average molecular weight is 552 g/mol. The molecule has 2 aliphatic heterocycles. The van der Waals surface area contributed by atoms with Gasteiger partial charge < -0.3 is 18.6 Å². The van der Waals surface area contributed by atoms with Crippen molar-refractivity contribution in [3.63, 3.8) is 0 Å². The molecule has 2 aromatic carbocycles. The molecule has 2 fully saturated rings. The van der Waals surface area contributed by atoms with E-state index in [4.69, 9.17) is 13.7 Å². The molecule has 5 rings (SSSR count). The minimum Gasteiger partial charge on any atom is -0.486 e. The summed E-state index contributed by atoms with van der Waals surface area (Å²) in [5, 5.41) is 0. The Morgan fingerprint density at radius 3 is 2.54 bits per heavy atom. The largest absolute Gasteiger partial charge is 0.486 e. The summed E-state index contributed by atoms with van der Waals surface area (Å²) < 4.78 is 45.2. The van der Waals surface area contributed by atoms with E-state index in [1.165, 1.54) is 4.31 Å². The lowest BCUT2D eigenvalue weighted by Crippen LogP contribution is -2.34. The summed E-state index contributed by atoms with van der Waals surface area (Å²) in [5.41, 5.74) is 3.30. The van der Waals surface area contributed by atoms with Crippen molar-refractivity contribution in [1.82, 2.24) is 14.2 Å². The van der Waals surface area contributed by atoms with Gasteiger partial charge in [0, 0.05) is 31.5 Å². The number of likely N-dealkylation sites (tertiary alicyclic amines) is 1. The highest BCUT2D eigenvalue weighted by atomic mass is 32.2. The lowest BCUT2D eigenvalue weighted by atomic mass is 10.0. The molecule has 0 spiro atoms. The van der Waals surface area contributed by atoms with Crippen molar-refractivity contribution < 1.29 is 26.9 Å². The van der Waals surface area contributed by atoms with Crippen LogP contribution in [0.15, 0.2) is 66.9 Å². The Labute approximate surface area is 229 Å². The number of ether oxygens (including phenoxy) is 2. The monoisotopic (exact) mass is 551 g/mol. The van der Waals surface area contributed by atoms with Crippen molar-refractivity contribution >= 4 is 16.2 Å². The third-order valence-corrected chi connectivity index (χ3v) is 8.66. The van der Waals surface area contributed by atoms with E-state index in [-0.39, 0.29) is 23.8 Å². The molecular formula is C29H33N3O6S. The second kappa shape index (κ2) is 11.3. The van der Waals surface area contributed by atoms with Gasteiger partial charge in [-0.15, -0.1) is 0 Å². The van der Waals surface area contributed by atoms with Gasteiger partial charge in [-0.1, -0.05) is 29.8 Å². The van der Waals surface area contributed by atoms with Gasteiger partial charge in [0.05, 0.1) is 24.8 Å². The first kappa shape index (κ1) is 27.1. The average Bonchev–Trinajstić information content (AvgIpc) is 3.58. The van der Waals surface area contributed by atoms with Crippen molar-refractivity contribution in [2.24, 2.45) is 0 Å². The van der Waals surface area contributed by atoms with Gasteiger partial charge in [0.2, 0.25) is 0 Å². The maximum atomic E-state index is 13.3. The number of nitrogens with zero attached hydrogens (tertiary/aromatic N) is 3. The topological polar surface area (TPSA) is 98.3 Å². The Balaban J connectivity index is 1.28. The van der Waals surface area contributed by atoms with E-state index in [2.05, 4.69) is 4.98 Å². The first-order chi connectivity index (χ1) is 18.7. The summed E-state index contributed by atoms with van der Waals surface area (Å²) in [6.45, 7) is 4.98. The fraction of sp³-hybridized carbons (Fsp3) is 0.379. The number of aromatic nitrogens is 1. The van der Waals surface area contributed by atoms with Crippen LogP contribution in [-0.4, -0.2) is 67.5 Å². The Hall–Kier alpha value is -3.47. The van der Waals surface area contributed by atoms with E-state index in [1.54, 1.807) is 48.5 Å². The molecule has 1 aromatic heterocycles. The number of rotatable bonds is 8. The predicted octanol–water partition coefficient (Wildman–Crippen LogP) is 4.08. The van der Waals surface area contributed by atoms with Crippen molar-refractivity contribution in [3.8, 4) is 11.5 Å². The van der Waals surface area contributed by atoms with Gasteiger partial charge >= 0.3 is 10.3 Å². The molecule has 9 nitrogen and oxygen atoms in total. The van der Waals surface area contributed by atoms with Gasteiger partial charge in [-0.05, 0) is 62.6 Å². The van der Waals surface area contributed by atoms with Crippen LogP contribution in [0.3, 0.4) is 0 Å². The van der Waals surface area contributed by atoms with Crippen molar-refractivity contribution in [2.75, 3.05) is 26.7 Å². The molecule has 3 atom stereocenters. The van der Waals surface area contributed by atoms with Crippen LogP contribution in [0.4, 0.5) is 0 Å². The SMILES string of the molecule is COC1CN(C(=O)c2cc(C)ccc2C)CC1Oc1cccc(OS(=O)(=O)N2CCCC2c2ccccn2)c1. The number of benzene rings is 2. The van der Waals surface area contributed by atoms with Crippen LogP contribution in [0.2, 0.25) is 0 Å². The molecule has 3 aromatic rings. The minimum atomic E-state index is -4.07. The zero-order valence-electron chi connectivity index (χ0n) is 22.3. The molecule has 2 aliphatic rings. The Morgan fingerprint density at radius 1 is 0.974 bits per heavy atom. The van der Waals surface area contributed by atoms with Crippen LogP contribution < -0.4 is 8.92 Å². The quantitative estimate of drug-likeness (QED) is 0.416. The number of methoxy groups -OCH3 is 1. The second-order valence-corrected chi connectivity index (χ2v) is 11.5. The number of carbonyl (C=O) groups is 1. The fourth-order valence-electron chi connectivity index (χ4n) is 5.21. The van der Waals surface area contributed by atoms with Gasteiger partial charge in [-0.3, -0.25) is 9.78 Å². The van der Waals surface area contributed by atoms with E-state index in [0.29, 0.717) is 43.1 Å². The third kappa shape index (κ3) is 5.93.